The molecule has 3 N–H and O–H groups in total. The summed E-state index contributed by atoms with van der Waals surface area (Å²) in [5, 5.41) is 0. The summed E-state index contributed by atoms with van der Waals surface area (Å²) in [5.41, 5.74) is 7.83. The van der Waals surface area contributed by atoms with Crippen LogP contribution >= 0.6 is 0 Å². The van der Waals surface area contributed by atoms with Crippen molar-refractivity contribution in [2.75, 3.05) is 50.1 Å². The number of carbonyl (C=O) groups excluding carboxylic acids is 2. The number of nitrogens with two attached hydrogens (primary N) is 1. The van der Waals surface area contributed by atoms with Crippen molar-refractivity contribution in [2.24, 2.45) is 5.73 Å². The monoisotopic (exact) mass is 393 g/mol. The number of imidazole rings is 1. The second kappa shape index (κ2) is 7.42. The van der Waals surface area contributed by atoms with Gasteiger partial charge in [-0.3, -0.25) is 9.59 Å². The molecule has 1 aromatic carbocycles. The zero-order valence-electron chi connectivity index (χ0n) is 16.4. The molecular weight excluding hydrogens is 370 g/mol. The molecule has 0 unspecified atom stereocenters. The Labute approximate surface area is 168 Å². The van der Waals surface area contributed by atoms with Crippen LogP contribution < -0.4 is 15.5 Å². The number of hydrogen-bond acceptors (Lipinski definition) is 6. The molecule has 0 bridgehead atoms. The summed E-state index contributed by atoms with van der Waals surface area (Å²) in [6.45, 7) is 3.05. The minimum absolute atomic E-state index is 0.0610. The van der Waals surface area contributed by atoms with Crippen LogP contribution in [0.5, 0.6) is 0 Å². The normalized spacial score (nSPS) is 14.3. The third kappa shape index (κ3) is 3.58. The number of aromatic amines is 1. The van der Waals surface area contributed by atoms with E-state index >= 15 is 0 Å². The fourth-order valence-corrected chi connectivity index (χ4v) is 3.47. The number of aromatic nitrogens is 3. The average Bonchev–Trinajstić information content (AvgIpc) is 3.17. The van der Waals surface area contributed by atoms with E-state index in [0.717, 1.165) is 43.5 Å². The number of fused-ring (bicyclic) bond motifs is 1. The highest BCUT2D eigenvalue weighted by molar-refractivity contribution is 6.04. The molecule has 9 heteroatoms. The van der Waals surface area contributed by atoms with Crippen molar-refractivity contribution in [3.63, 3.8) is 0 Å². The Balaban J connectivity index is 1.46. The molecule has 2 aromatic heterocycles. The Kier molecular flexibility index (Phi) is 4.79. The largest absolute Gasteiger partial charge is 0.366 e. The lowest BCUT2D eigenvalue weighted by molar-refractivity contribution is 0.0827. The smallest absolute Gasteiger partial charge is 0.254 e. The average molecular weight is 393 g/mol. The molecule has 0 aliphatic carbocycles. The van der Waals surface area contributed by atoms with Gasteiger partial charge in [-0.05, 0) is 24.3 Å². The number of piperazine rings is 1. The van der Waals surface area contributed by atoms with Gasteiger partial charge in [-0.2, -0.15) is 0 Å². The third-order valence-electron chi connectivity index (χ3n) is 5.07. The van der Waals surface area contributed by atoms with E-state index < -0.39 is 5.91 Å². The fourth-order valence-electron chi connectivity index (χ4n) is 3.47. The second-order valence-corrected chi connectivity index (χ2v) is 7.21. The van der Waals surface area contributed by atoms with E-state index in [-0.39, 0.29) is 5.91 Å². The summed E-state index contributed by atoms with van der Waals surface area (Å²) in [6.07, 6.45) is 1.62. The SMILES string of the molecule is CN(C)C(=O)c1ccc(N2CCN(c3nc4c(C(N)=O)cccc4[nH]3)CC2)nc1. The van der Waals surface area contributed by atoms with Crippen molar-refractivity contribution in [1.29, 1.82) is 0 Å². The maximum absolute atomic E-state index is 12.0. The van der Waals surface area contributed by atoms with Crippen molar-refractivity contribution in [2.45, 2.75) is 0 Å². The van der Waals surface area contributed by atoms with Crippen LogP contribution in [0, 0.1) is 0 Å². The zero-order valence-corrected chi connectivity index (χ0v) is 16.4. The van der Waals surface area contributed by atoms with Crippen LogP contribution in [0.4, 0.5) is 11.8 Å². The van der Waals surface area contributed by atoms with Gasteiger partial charge in [0.05, 0.1) is 16.6 Å². The molecule has 2 amide bonds. The molecule has 1 fully saturated rings. The molecule has 150 valence electrons. The van der Waals surface area contributed by atoms with E-state index in [9.17, 15) is 9.59 Å². The number of benzene rings is 1. The van der Waals surface area contributed by atoms with Gasteiger partial charge in [-0.15, -0.1) is 0 Å². The van der Waals surface area contributed by atoms with Crippen molar-refractivity contribution < 1.29 is 9.59 Å². The van der Waals surface area contributed by atoms with E-state index in [0.29, 0.717) is 16.6 Å². The van der Waals surface area contributed by atoms with Gasteiger partial charge in [0, 0.05) is 46.5 Å². The number of nitrogens with zero attached hydrogens (tertiary/aromatic N) is 5. The number of rotatable bonds is 4. The van der Waals surface area contributed by atoms with Gasteiger partial charge in [-0.25, -0.2) is 9.97 Å². The number of primary amides is 1. The topological polar surface area (TPSA) is 111 Å². The first-order chi connectivity index (χ1) is 13.9. The predicted molar refractivity (Wildman–Crippen MR) is 111 cm³/mol. The van der Waals surface area contributed by atoms with Gasteiger partial charge >= 0.3 is 0 Å². The van der Waals surface area contributed by atoms with Crippen LogP contribution in [-0.4, -0.2) is 71.9 Å². The van der Waals surface area contributed by atoms with Gasteiger partial charge in [0.15, 0.2) is 0 Å². The predicted octanol–water partition coefficient (Wildman–Crippen LogP) is 1.09. The maximum atomic E-state index is 12.0. The summed E-state index contributed by atoms with van der Waals surface area (Å²) >= 11 is 0. The molecule has 1 saturated heterocycles. The highest BCUT2D eigenvalue weighted by atomic mass is 16.2. The van der Waals surface area contributed by atoms with Gasteiger partial charge in [0.1, 0.15) is 11.3 Å². The van der Waals surface area contributed by atoms with Gasteiger partial charge in [0.2, 0.25) is 5.95 Å². The lowest BCUT2D eigenvalue weighted by atomic mass is 10.2. The molecule has 0 atom stereocenters. The van der Waals surface area contributed by atoms with Crippen LogP contribution in [0.3, 0.4) is 0 Å². The van der Waals surface area contributed by atoms with Crippen LogP contribution in [-0.2, 0) is 0 Å². The molecular formula is C20H23N7O2. The van der Waals surface area contributed by atoms with Crippen molar-refractivity contribution in [3.05, 3.63) is 47.7 Å². The standard InChI is InChI=1S/C20H23N7O2/c1-25(2)19(29)13-6-7-16(22-12-13)26-8-10-27(11-9-26)20-23-15-5-3-4-14(18(21)28)17(15)24-20/h3-7,12H,8-11H2,1-2H3,(H2,21,28)(H,23,24). The van der Waals surface area contributed by atoms with Crippen LogP contribution in [0.15, 0.2) is 36.5 Å². The van der Waals surface area contributed by atoms with E-state index in [1.807, 2.05) is 18.2 Å². The molecule has 9 nitrogen and oxygen atoms in total. The van der Waals surface area contributed by atoms with E-state index in [1.165, 1.54) is 4.90 Å². The number of amides is 2. The number of anilines is 2. The Morgan fingerprint density at radius 1 is 1.07 bits per heavy atom. The van der Waals surface area contributed by atoms with E-state index in [1.54, 1.807) is 32.4 Å². The minimum Gasteiger partial charge on any atom is -0.366 e. The highest BCUT2D eigenvalue weighted by Gasteiger charge is 2.22. The summed E-state index contributed by atoms with van der Waals surface area (Å²) in [5.74, 6) is 1.03. The molecule has 0 saturated carbocycles. The molecule has 4 rings (SSSR count). The molecule has 29 heavy (non-hydrogen) atoms. The minimum atomic E-state index is -0.485. The van der Waals surface area contributed by atoms with Gasteiger partial charge < -0.3 is 25.4 Å². The number of carbonyl (C=O) groups is 2. The molecule has 3 heterocycles. The Bertz CT molecular complexity index is 1050. The first kappa shape index (κ1) is 18.7. The van der Waals surface area contributed by atoms with Crippen molar-refractivity contribution in [3.8, 4) is 0 Å². The number of nitrogens with one attached hydrogen (secondary N) is 1. The lowest BCUT2D eigenvalue weighted by Crippen LogP contribution is -2.47. The number of hydrogen-bond donors (Lipinski definition) is 2. The second-order valence-electron chi connectivity index (χ2n) is 7.21. The molecule has 1 aliphatic heterocycles. The highest BCUT2D eigenvalue weighted by Crippen LogP contribution is 2.23. The first-order valence-electron chi connectivity index (χ1n) is 9.40. The number of H-pyrrole nitrogens is 1. The summed E-state index contributed by atoms with van der Waals surface area (Å²) in [7, 11) is 3.44. The Morgan fingerprint density at radius 3 is 2.41 bits per heavy atom. The van der Waals surface area contributed by atoms with Crippen molar-refractivity contribution >= 4 is 34.6 Å². The van der Waals surface area contributed by atoms with E-state index in [2.05, 4.69) is 24.8 Å². The van der Waals surface area contributed by atoms with Crippen LogP contribution in [0.25, 0.3) is 11.0 Å². The number of para-hydroxylation sites is 1. The Hall–Kier alpha value is -3.62. The lowest BCUT2D eigenvalue weighted by Gasteiger charge is -2.35. The fraction of sp³-hybridized carbons (Fsp3) is 0.300. The molecule has 1 aliphatic rings. The Morgan fingerprint density at radius 2 is 1.79 bits per heavy atom. The molecule has 0 spiro atoms. The van der Waals surface area contributed by atoms with Gasteiger partial charge in [0.25, 0.3) is 11.8 Å². The maximum Gasteiger partial charge on any atom is 0.254 e. The van der Waals surface area contributed by atoms with Crippen LogP contribution in [0.2, 0.25) is 0 Å². The van der Waals surface area contributed by atoms with Crippen molar-refractivity contribution in [1.82, 2.24) is 19.9 Å². The summed E-state index contributed by atoms with van der Waals surface area (Å²) < 4.78 is 0. The number of pyridine rings is 1. The third-order valence-corrected chi connectivity index (χ3v) is 5.07. The van der Waals surface area contributed by atoms with E-state index in [4.69, 9.17) is 5.73 Å². The summed E-state index contributed by atoms with van der Waals surface area (Å²) in [6, 6.07) is 9.05. The first-order valence-corrected chi connectivity index (χ1v) is 9.40. The molecule has 3 aromatic rings. The summed E-state index contributed by atoms with van der Waals surface area (Å²) in [4.78, 5) is 41.8. The van der Waals surface area contributed by atoms with Crippen LogP contribution in [0.1, 0.15) is 20.7 Å². The zero-order chi connectivity index (χ0) is 20.5. The quantitative estimate of drug-likeness (QED) is 0.686. The van der Waals surface area contributed by atoms with Gasteiger partial charge in [-0.1, -0.05) is 6.07 Å². The molecule has 0 radical (unpaired) electrons.